The lowest BCUT2D eigenvalue weighted by Gasteiger charge is -2.18. The Morgan fingerprint density at radius 3 is 2.44 bits per heavy atom. The summed E-state index contributed by atoms with van der Waals surface area (Å²) in [6.45, 7) is 5.29. The average molecular weight is 505 g/mol. The summed E-state index contributed by atoms with van der Waals surface area (Å²) in [7, 11) is 2.75. The average Bonchev–Trinajstić information content (AvgIpc) is 2.88. The number of halogens is 1. The smallest absolute Gasteiger partial charge is 0.328 e. The van der Waals surface area contributed by atoms with Crippen molar-refractivity contribution < 1.29 is 28.6 Å². The number of esters is 1. The summed E-state index contributed by atoms with van der Waals surface area (Å²) in [6, 6.07) is 2.58. The second-order valence-electron chi connectivity index (χ2n) is 5.95. The highest BCUT2D eigenvalue weighted by molar-refractivity contribution is 14.1. The van der Waals surface area contributed by atoms with Crippen molar-refractivity contribution in [1.29, 1.82) is 0 Å². The highest BCUT2D eigenvalue weighted by Gasteiger charge is 2.41. The minimum Gasteiger partial charge on any atom is -0.493 e. The molecule has 1 aromatic carbocycles. The summed E-state index contributed by atoms with van der Waals surface area (Å²) in [5, 5.41) is -0.509. The molecule has 1 fully saturated rings. The molecule has 1 heterocycles. The molecule has 1 aliphatic heterocycles. The van der Waals surface area contributed by atoms with Crippen molar-refractivity contribution in [3.63, 3.8) is 0 Å². The number of amides is 2. The van der Waals surface area contributed by atoms with Gasteiger partial charge in [-0.3, -0.25) is 14.5 Å². The van der Waals surface area contributed by atoms with E-state index in [1.165, 1.54) is 21.1 Å². The molecule has 2 rings (SSSR count). The predicted molar refractivity (Wildman–Crippen MR) is 111 cm³/mol. The van der Waals surface area contributed by atoms with Gasteiger partial charge in [-0.25, -0.2) is 4.79 Å². The zero-order valence-electron chi connectivity index (χ0n) is 15.6. The van der Waals surface area contributed by atoms with E-state index < -0.39 is 23.2 Å². The Labute approximate surface area is 175 Å². The third-order valence-corrected chi connectivity index (χ3v) is 5.34. The second kappa shape index (κ2) is 8.96. The van der Waals surface area contributed by atoms with Gasteiger partial charge >= 0.3 is 5.97 Å². The zero-order chi connectivity index (χ0) is 20.3. The standard InChI is InChI=1S/C18H20INO6S/c1-9(2)26-15-12(19)6-11(7-13(15)24-4)8-14-16(21)20(18(23)27-14)10(3)17(22)25-5/h6-10H,1-5H3/b14-8+/t10-/m1/s1. The molecule has 27 heavy (non-hydrogen) atoms. The molecule has 1 atom stereocenters. The van der Waals surface area contributed by atoms with E-state index in [0.29, 0.717) is 17.1 Å². The van der Waals surface area contributed by atoms with Crippen molar-refractivity contribution in [3.05, 3.63) is 26.2 Å². The topological polar surface area (TPSA) is 82.1 Å². The molecule has 1 aliphatic rings. The highest BCUT2D eigenvalue weighted by Crippen LogP contribution is 2.38. The van der Waals surface area contributed by atoms with Crippen LogP contribution in [0.5, 0.6) is 11.5 Å². The van der Waals surface area contributed by atoms with Crippen molar-refractivity contribution in [2.75, 3.05) is 14.2 Å². The van der Waals surface area contributed by atoms with Crippen LogP contribution in [0.2, 0.25) is 0 Å². The summed E-state index contributed by atoms with van der Waals surface area (Å²) in [5.41, 5.74) is 0.684. The molecule has 0 unspecified atom stereocenters. The van der Waals surface area contributed by atoms with Crippen LogP contribution in [0.4, 0.5) is 4.79 Å². The summed E-state index contributed by atoms with van der Waals surface area (Å²) in [6.07, 6.45) is 1.58. The van der Waals surface area contributed by atoms with Gasteiger partial charge < -0.3 is 14.2 Å². The number of ether oxygens (including phenoxy) is 3. The van der Waals surface area contributed by atoms with Gasteiger partial charge in [0.05, 0.1) is 28.8 Å². The molecule has 0 aromatic heterocycles. The summed E-state index contributed by atoms with van der Waals surface area (Å²) in [5.74, 6) is -0.0222. The maximum absolute atomic E-state index is 12.6. The van der Waals surface area contributed by atoms with Crippen LogP contribution in [0.1, 0.15) is 26.3 Å². The second-order valence-corrected chi connectivity index (χ2v) is 8.11. The van der Waals surface area contributed by atoms with Crippen LogP contribution in [0.15, 0.2) is 17.0 Å². The molecule has 0 aliphatic carbocycles. The molecule has 1 saturated heterocycles. The quantitative estimate of drug-likeness (QED) is 0.332. The third-order valence-electron chi connectivity index (χ3n) is 3.66. The zero-order valence-corrected chi connectivity index (χ0v) is 18.5. The van der Waals surface area contributed by atoms with Crippen LogP contribution < -0.4 is 9.47 Å². The first kappa shape index (κ1) is 21.5. The van der Waals surface area contributed by atoms with Gasteiger partial charge in [0, 0.05) is 0 Å². The van der Waals surface area contributed by atoms with Gasteiger partial charge in [0.2, 0.25) is 0 Å². The molecular weight excluding hydrogens is 485 g/mol. The number of carbonyl (C=O) groups is 3. The molecule has 7 nitrogen and oxygen atoms in total. The van der Waals surface area contributed by atoms with Crippen molar-refractivity contribution >= 4 is 57.5 Å². The third kappa shape index (κ3) is 4.75. The van der Waals surface area contributed by atoms with Gasteiger partial charge in [0.25, 0.3) is 11.1 Å². The minimum atomic E-state index is -0.982. The van der Waals surface area contributed by atoms with Gasteiger partial charge in [0.1, 0.15) is 6.04 Å². The van der Waals surface area contributed by atoms with E-state index in [9.17, 15) is 14.4 Å². The molecular formula is C18H20INO6S. The largest absolute Gasteiger partial charge is 0.493 e. The summed E-state index contributed by atoms with van der Waals surface area (Å²) in [4.78, 5) is 37.6. The van der Waals surface area contributed by atoms with Gasteiger partial charge in [0.15, 0.2) is 11.5 Å². The monoisotopic (exact) mass is 505 g/mol. The van der Waals surface area contributed by atoms with Gasteiger partial charge in [-0.15, -0.1) is 0 Å². The number of rotatable bonds is 6. The van der Waals surface area contributed by atoms with Crippen LogP contribution in [-0.2, 0) is 14.3 Å². The first-order chi connectivity index (χ1) is 12.7. The minimum absolute atomic E-state index is 0.0189. The van der Waals surface area contributed by atoms with Crippen LogP contribution >= 0.6 is 34.4 Å². The number of hydrogen-bond donors (Lipinski definition) is 0. The Balaban J connectivity index is 2.36. The lowest BCUT2D eigenvalue weighted by molar-refractivity contribution is -0.148. The first-order valence-electron chi connectivity index (χ1n) is 8.08. The lowest BCUT2D eigenvalue weighted by Crippen LogP contribution is -2.42. The van der Waals surface area contributed by atoms with Crippen LogP contribution in [0.3, 0.4) is 0 Å². The molecule has 2 amide bonds. The summed E-state index contributed by atoms with van der Waals surface area (Å²) < 4.78 is 16.6. The molecule has 9 heteroatoms. The van der Waals surface area contributed by atoms with E-state index >= 15 is 0 Å². The van der Waals surface area contributed by atoms with Gasteiger partial charge in [-0.05, 0) is 78.9 Å². The molecule has 0 radical (unpaired) electrons. The Kier molecular flexibility index (Phi) is 7.15. The van der Waals surface area contributed by atoms with E-state index in [0.717, 1.165) is 20.2 Å². The predicted octanol–water partition coefficient (Wildman–Crippen LogP) is 3.68. The fourth-order valence-electron chi connectivity index (χ4n) is 2.41. The number of imide groups is 1. The molecule has 146 valence electrons. The number of methoxy groups -OCH3 is 2. The molecule has 0 bridgehead atoms. The number of benzene rings is 1. The van der Waals surface area contributed by atoms with Crippen molar-refractivity contribution in [2.24, 2.45) is 0 Å². The number of hydrogen-bond acceptors (Lipinski definition) is 7. The van der Waals surface area contributed by atoms with E-state index in [2.05, 4.69) is 27.3 Å². The molecule has 0 saturated carbocycles. The Hall–Kier alpha value is -1.75. The van der Waals surface area contributed by atoms with Crippen LogP contribution in [0, 0.1) is 3.57 Å². The Bertz CT molecular complexity index is 807. The Morgan fingerprint density at radius 2 is 1.89 bits per heavy atom. The molecule has 0 spiro atoms. The SMILES string of the molecule is COC(=O)[C@@H](C)N1C(=O)S/C(=C/c2cc(I)c(OC(C)C)c(OC)c2)C1=O. The van der Waals surface area contributed by atoms with E-state index in [1.807, 2.05) is 19.9 Å². The van der Waals surface area contributed by atoms with Gasteiger partial charge in [-0.1, -0.05) is 0 Å². The maximum atomic E-state index is 12.6. The fraction of sp³-hybridized carbons (Fsp3) is 0.389. The van der Waals surface area contributed by atoms with Crippen LogP contribution in [0.25, 0.3) is 6.08 Å². The van der Waals surface area contributed by atoms with E-state index in [-0.39, 0.29) is 11.0 Å². The first-order valence-corrected chi connectivity index (χ1v) is 9.98. The highest BCUT2D eigenvalue weighted by atomic mass is 127. The molecule has 0 N–H and O–H groups in total. The number of nitrogens with zero attached hydrogens (tertiary/aromatic N) is 1. The van der Waals surface area contributed by atoms with E-state index in [1.54, 1.807) is 12.1 Å². The number of carbonyl (C=O) groups excluding carboxylic acids is 3. The maximum Gasteiger partial charge on any atom is 0.328 e. The lowest BCUT2D eigenvalue weighted by atomic mass is 10.1. The van der Waals surface area contributed by atoms with Crippen molar-refractivity contribution in [1.82, 2.24) is 4.90 Å². The van der Waals surface area contributed by atoms with Crippen molar-refractivity contribution in [2.45, 2.75) is 32.9 Å². The summed E-state index contributed by atoms with van der Waals surface area (Å²) >= 11 is 2.91. The normalized spacial score (nSPS) is 16.9. The van der Waals surface area contributed by atoms with E-state index in [4.69, 9.17) is 9.47 Å². The van der Waals surface area contributed by atoms with Crippen LogP contribution in [-0.4, -0.2) is 48.4 Å². The fourth-order valence-corrected chi connectivity index (χ4v) is 4.07. The van der Waals surface area contributed by atoms with Gasteiger partial charge in [-0.2, -0.15) is 0 Å². The Morgan fingerprint density at radius 1 is 1.22 bits per heavy atom. The van der Waals surface area contributed by atoms with Crippen molar-refractivity contribution in [3.8, 4) is 11.5 Å². The number of thioether (sulfide) groups is 1. The molecule has 1 aromatic rings.